The fraction of sp³-hybridized carbons (Fsp3) is 0.636. The Labute approximate surface area is 104 Å². The number of rotatable bonds is 2. The predicted octanol–water partition coefficient (Wildman–Crippen LogP) is 0.692. The first kappa shape index (κ1) is 11.0. The quantitative estimate of drug-likeness (QED) is 0.812. The van der Waals surface area contributed by atoms with E-state index in [0.717, 1.165) is 13.0 Å². The number of nitrogen functional groups attached to an aromatic ring is 1. The summed E-state index contributed by atoms with van der Waals surface area (Å²) >= 11 is 1.31. The van der Waals surface area contributed by atoms with E-state index in [1.165, 1.54) is 30.7 Å². The van der Waals surface area contributed by atoms with Crippen LogP contribution in [0.2, 0.25) is 0 Å². The van der Waals surface area contributed by atoms with E-state index in [0.29, 0.717) is 16.9 Å². The molecule has 2 aliphatic rings. The Hall–Kier alpha value is -1.14. The van der Waals surface area contributed by atoms with Gasteiger partial charge in [0.1, 0.15) is 5.69 Å². The second-order valence-corrected chi connectivity index (χ2v) is 5.57. The number of thiazole rings is 1. The maximum absolute atomic E-state index is 12.0. The zero-order chi connectivity index (χ0) is 11.8. The Morgan fingerprint density at radius 3 is 3.18 bits per heavy atom. The van der Waals surface area contributed by atoms with E-state index in [2.05, 4.69) is 15.2 Å². The molecule has 5 nitrogen and oxygen atoms in total. The van der Waals surface area contributed by atoms with Crippen molar-refractivity contribution in [1.29, 1.82) is 0 Å². The number of fused-ring (bicyclic) bond motifs is 1. The number of nitrogens with zero attached hydrogens (tertiary/aromatic N) is 2. The van der Waals surface area contributed by atoms with Crippen LogP contribution in [0.3, 0.4) is 0 Å². The van der Waals surface area contributed by atoms with Crippen LogP contribution in [-0.2, 0) is 0 Å². The van der Waals surface area contributed by atoms with Gasteiger partial charge in [0.2, 0.25) is 0 Å². The molecule has 3 heterocycles. The number of nitrogens with two attached hydrogens (primary N) is 1. The van der Waals surface area contributed by atoms with E-state index >= 15 is 0 Å². The van der Waals surface area contributed by atoms with Crippen LogP contribution in [0.25, 0.3) is 0 Å². The highest BCUT2D eigenvalue weighted by Crippen LogP contribution is 2.28. The van der Waals surface area contributed by atoms with Crippen LogP contribution in [0.1, 0.15) is 29.8 Å². The lowest BCUT2D eigenvalue weighted by atomic mass is 10.1. The monoisotopic (exact) mass is 252 g/mol. The molecule has 1 aromatic heterocycles. The number of anilines is 1. The van der Waals surface area contributed by atoms with Crippen molar-refractivity contribution in [3.8, 4) is 0 Å². The number of aromatic nitrogens is 1. The van der Waals surface area contributed by atoms with Crippen molar-refractivity contribution in [2.24, 2.45) is 0 Å². The van der Waals surface area contributed by atoms with Gasteiger partial charge >= 0.3 is 0 Å². The molecular weight excluding hydrogens is 236 g/mol. The first-order valence-corrected chi connectivity index (χ1v) is 6.88. The highest BCUT2D eigenvalue weighted by atomic mass is 32.1. The van der Waals surface area contributed by atoms with Gasteiger partial charge < -0.3 is 11.1 Å². The number of amides is 1. The summed E-state index contributed by atoms with van der Waals surface area (Å²) in [6.45, 7) is 2.29. The normalized spacial score (nSPS) is 28.2. The molecule has 1 amide bonds. The number of carbonyl (C=O) groups excluding carboxylic acids is 1. The molecule has 92 valence electrons. The predicted molar refractivity (Wildman–Crippen MR) is 67.0 cm³/mol. The third kappa shape index (κ3) is 2.02. The number of hydrogen-bond acceptors (Lipinski definition) is 5. The molecule has 2 atom stereocenters. The minimum Gasteiger partial charge on any atom is -0.375 e. The van der Waals surface area contributed by atoms with Crippen LogP contribution in [0.15, 0.2) is 5.38 Å². The molecule has 0 aliphatic carbocycles. The fourth-order valence-electron chi connectivity index (χ4n) is 2.89. The third-order valence-corrected chi connectivity index (χ3v) is 4.35. The standard InChI is InChI=1S/C11H16N4OS/c12-11-14-8(6-17-11)10(16)13-7-3-5-15-4-1-2-9(7)15/h6-7,9H,1-5H2,(H2,12,14)(H,13,16). The molecule has 17 heavy (non-hydrogen) atoms. The average Bonchev–Trinajstić information content (AvgIpc) is 2.96. The minimum atomic E-state index is -0.0864. The van der Waals surface area contributed by atoms with Gasteiger partial charge in [-0.2, -0.15) is 0 Å². The molecule has 3 rings (SSSR count). The van der Waals surface area contributed by atoms with Gasteiger partial charge in [-0.25, -0.2) is 4.98 Å². The van der Waals surface area contributed by atoms with E-state index in [1.807, 2.05) is 0 Å². The lowest BCUT2D eigenvalue weighted by Gasteiger charge is -2.20. The van der Waals surface area contributed by atoms with Gasteiger partial charge in [-0.1, -0.05) is 0 Å². The maximum Gasteiger partial charge on any atom is 0.271 e. The van der Waals surface area contributed by atoms with E-state index in [9.17, 15) is 4.79 Å². The molecule has 0 radical (unpaired) electrons. The first-order chi connectivity index (χ1) is 8.24. The molecular formula is C11H16N4OS. The van der Waals surface area contributed by atoms with Crippen molar-refractivity contribution in [1.82, 2.24) is 15.2 Å². The lowest BCUT2D eigenvalue weighted by Crippen LogP contribution is -2.42. The second kappa shape index (κ2) is 4.27. The van der Waals surface area contributed by atoms with Crippen LogP contribution >= 0.6 is 11.3 Å². The second-order valence-electron chi connectivity index (χ2n) is 4.69. The third-order valence-electron chi connectivity index (χ3n) is 3.68. The van der Waals surface area contributed by atoms with Crippen LogP contribution < -0.4 is 11.1 Å². The van der Waals surface area contributed by atoms with Crippen LogP contribution in [0.4, 0.5) is 5.13 Å². The van der Waals surface area contributed by atoms with Crippen LogP contribution in [-0.4, -0.2) is 41.0 Å². The van der Waals surface area contributed by atoms with Gasteiger partial charge in [0, 0.05) is 24.0 Å². The summed E-state index contributed by atoms with van der Waals surface area (Å²) in [7, 11) is 0. The summed E-state index contributed by atoms with van der Waals surface area (Å²) in [5.41, 5.74) is 5.98. The van der Waals surface area contributed by atoms with Gasteiger partial charge in [0.15, 0.2) is 5.13 Å². The summed E-state index contributed by atoms with van der Waals surface area (Å²) < 4.78 is 0. The molecule has 0 bridgehead atoms. The molecule has 2 fully saturated rings. The largest absolute Gasteiger partial charge is 0.375 e. The SMILES string of the molecule is Nc1nc(C(=O)NC2CCN3CCCC23)cs1. The molecule has 0 aromatic carbocycles. The summed E-state index contributed by atoms with van der Waals surface area (Å²) in [4.78, 5) is 18.4. The zero-order valence-corrected chi connectivity index (χ0v) is 10.4. The van der Waals surface area contributed by atoms with E-state index in [4.69, 9.17) is 5.73 Å². The number of carbonyl (C=O) groups is 1. The number of hydrogen-bond donors (Lipinski definition) is 2. The molecule has 2 unspecified atom stereocenters. The first-order valence-electron chi connectivity index (χ1n) is 6.00. The zero-order valence-electron chi connectivity index (χ0n) is 9.56. The highest BCUT2D eigenvalue weighted by molar-refractivity contribution is 7.13. The van der Waals surface area contributed by atoms with Crippen molar-refractivity contribution in [2.75, 3.05) is 18.8 Å². The topological polar surface area (TPSA) is 71.2 Å². The molecule has 0 spiro atoms. The average molecular weight is 252 g/mol. The summed E-state index contributed by atoms with van der Waals surface area (Å²) in [6.07, 6.45) is 3.50. The molecule has 1 aromatic rings. The Morgan fingerprint density at radius 1 is 1.53 bits per heavy atom. The van der Waals surface area contributed by atoms with E-state index in [1.54, 1.807) is 5.38 Å². The number of nitrogens with one attached hydrogen (secondary N) is 1. The highest BCUT2D eigenvalue weighted by Gasteiger charge is 2.37. The van der Waals surface area contributed by atoms with Crippen molar-refractivity contribution in [2.45, 2.75) is 31.3 Å². The van der Waals surface area contributed by atoms with Gasteiger partial charge in [-0.3, -0.25) is 9.69 Å². The summed E-state index contributed by atoms with van der Waals surface area (Å²) in [5, 5.41) is 5.25. The molecule has 3 N–H and O–H groups in total. The van der Waals surface area contributed by atoms with E-state index < -0.39 is 0 Å². The van der Waals surface area contributed by atoms with E-state index in [-0.39, 0.29) is 11.9 Å². The van der Waals surface area contributed by atoms with Crippen molar-refractivity contribution in [3.63, 3.8) is 0 Å². The van der Waals surface area contributed by atoms with Crippen molar-refractivity contribution < 1.29 is 4.79 Å². The molecule has 6 heteroatoms. The van der Waals surface area contributed by atoms with Gasteiger partial charge in [-0.05, 0) is 25.8 Å². The Bertz CT molecular complexity index is 433. The Kier molecular flexibility index (Phi) is 2.76. The smallest absolute Gasteiger partial charge is 0.271 e. The minimum absolute atomic E-state index is 0.0864. The van der Waals surface area contributed by atoms with Crippen LogP contribution in [0, 0.1) is 0 Å². The molecule has 2 aliphatic heterocycles. The van der Waals surface area contributed by atoms with Gasteiger partial charge in [-0.15, -0.1) is 11.3 Å². The summed E-state index contributed by atoms with van der Waals surface area (Å²) in [5.74, 6) is -0.0864. The molecule has 2 saturated heterocycles. The van der Waals surface area contributed by atoms with Gasteiger partial charge in [0.25, 0.3) is 5.91 Å². The fourth-order valence-corrected chi connectivity index (χ4v) is 3.43. The Balaban J connectivity index is 1.65. The Morgan fingerprint density at radius 2 is 2.41 bits per heavy atom. The van der Waals surface area contributed by atoms with Gasteiger partial charge in [0.05, 0.1) is 0 Å². The summed E-state index contributed by atoms with van der Waals surface area (Å²) in [6, 6.07) is 0.822. The maximum atomic E-state index is 12.0. The molecule has 0 saturated carbocycles. The lowest BCUT2D eigenvalue weighted by molar-refractivity contribution is 0.0925. The van der Waals surface area contributed by atoms with Crippen molar-refractivity contribution >= 4 is 22.4 Å². The van der Waals surface area contributed by atoms with Crippen molar-refractivity contribution in [3.05, 3.63) is 11.1 Å². The van der Waals surface area contributed by atoms with Crippen LogP contribution in [0.5, 0.6) is 0 Å².